The fourth-order valence-corrected chi connectivity index (χ4v) is 2.51. The molecule has 1 aromatic carbocycles. The molecule has 0 aliphatic carbocycles. The SMILES string of the molecule is CC(NC(=O)C1(N)CCOC1)c1ccc2c(c1)OCCO2. The number of nitrogens with one attached hydrogen (secondary N) is 1. The lowest BCUT2D eigenvalue weighted by atomic mass is 9.98. The van der Waals surface area contributed by atoms with E-state index in [-0.39, 0.29) is 18.6 Å². The Morgan fingerprint density at radius 3 is 2.76 bits per heavy atom. The highest BCUT2D eigenvalue weighted by atomic mass is 16.6. The van der Waals surface area contributed by atoms with E-state index in [1.165, 1.54) is 0 Å². The van der Waals surface area contributed by atoms with E-state index in [1.54, 1.807) is 0 Å². The first-order chi connectivity index (χ1) is 10.1. The van der Waals surface area contributed by atoms with Gasteiger partial charge in [-0.2, -0.15) is 0 Å². The van der Waals surface area contributed by atoms with Crippen LogP contribution in [0.3, 0.4) is 0 Å². The molecule has 2 heterocycles. The zero-order chi connectivity index (χ0) is 14.9. The number of benzene rings is 1. The topological polar surface area (TPSA) is 82.8 Å². The summed E-state index contributed by atoms with van der Waals surface area (Å²) in [6.45, 7) is 3.83. The molecule has 1 aromatic rings. The Morgan fingerprint density at radius 1 is 1.29 bits per heavy atom. The van der Waals surface area contributed by atoms with Gasteiger partial charge in [-0.05, 0) is 31.0 Å². The largest absolute Gasteiger partial charge is 0.486 e. The van der Waals surface area contributed by atoms with Crippen molar-refractivity contribution in [3.05, 3.63) is 23.8 Å². The molecule has 0 radical (unpaired) electrons. The van der Waals surface area contributed by atoms with E-state index in [9.17, 15) is 4.79 Å². The quantitative estimate of drug-likeness (QED) is 0.859. The molecule has 3 rings (SSSR count). The van der Waals surface area contributed by atoms with Gasteiger partial charge in [0.2, 0.25) is 5.91 Å². The van der Waals surface area contributed by atoms with Gasteiger partial charge in [-0.3, -0.25) is 4.79 Å². The molecule has 6 nitrogen and oxygen atoms in total. The van der Waals surface area contributed by atoms with Gasteiger partial charge >= 0.3 is 0 Å². The second-order valence-electron chi connectivity index (χ2n) is 5.56. The van der Waals surface area contributed by atoms with Crippen LogP contribution >= 0.6 is 0 Å². The van der Waals surface area contributed by atoms with Crippen molar-refractivity contribution in [3.8, 4) is 11.5 Å². The first-order valence-corrected chi connectivity index (χ1v) is 7.16. The van der Waals surface area contributed by atoms with Crippen LogP contribution in [0.15, 0.2) is 18.2 Å². The Bertz CT molecular complexity index is 540. The number of amides is 1. The highest BCUT2D eigenvalue weighted by Crippen LogP contribution is 2.32. The Balaban J connectivity index is 1.70. The number of hydrogen-bond donors (Lipinski definition) is 2. The highest BCUT2D eigenvalue weighted by Gasteiger charge is 2.38. The van der Waals surface area contributed by atoms with E-state index in [0.29, 0.717) is 32.0 Å². The van der Waals surface area contributed by atoms with Gasteiger partial charge in [-0.25, -0.2) is 0 Å². The second-order valence-corrected chi connectivity index (χ2v) is 5.56. The van der Waals surface area contributed by atoms with Crippen LogP contribution in [-0.4, -0.2) is 37.9 Å². The van der Waals surface area contributed by atoms with E-state index in [1.807, 2.05) is 25.1 Å². The van der Waals surface area contributed by atoms with Gasteiger partial charge in [0.05, 0.1) is 12.6 Å². The Labute approximate surface area is 123 Å². The molecular formula is C15H20N2O4. The van der Waals surface area contributed by atoms with Crippen molar-refractivity contribution in [1.82, 2.24) is 5.32 Å². The summed E-state index contributed by atoms with van der Waals surface area (Å²) in [4.78, 5) is 12.3. The number of nitrogens with two attached hydrogens (primary N) is 1. The van der Waals surface area contributed by atoms with Crippen LogP contribution in [0.25, 0.3) is 0 Å². The Morgan fingerprint density at radius 2 is 2.05 bits per heavy atom. The van der Waals surface area contributed by atoms with Crippen LogP contribution in [0.1, 0.15) is 24.9 Å². The van der Waals surface area contributed by atoms with Crippen molar-refractivity contribution < 1.29 is 19.0 Å². The molecule has 1 amide bonds. The van der Waals surface area contributed by atoms with Gasteiger partial charge in [-0.1, -0.05) is 6.07 Å². The van der Waals surface area contributed by atoms with Crippen LogP contribution in [0, 0.1) is 0 Å². The van der Waals surface area contributed by atoms with Gasteiger partial charge in [0, 0.05) is 6.61 Å². The predicted octanol–water partition coefficient (Wildman–Crippen LogP) is 0.753. The average Bonchev–Trinajstić information content (AvgIpc) is 2.95. The van der Waals surface area contributed by atoms with Crippen molar-refractivity contribution in [2.45, 2.75) is 24.9 Å². The summed E-state index contributed by atoms with van der Waals surface area (Å²) in [5.74, 6) is 1.27. The average molecular weight is 292 g/mol. The molecule has 1 saturated heterocycles. The lowest BCUT2D eigenvalue weighted by Gasteiger charge is -2.25. The van der Waals surface area contributed by atoms with Crippen LogP contribution in [0.5, 0.6) is 11.5 Å². The second kappa shape index (κ2) is 5.54. The van der Waals surface area contributed by atoms with Crippen LogP contribution in [-0.2, 0) is 9.53 Å². The molecular weight excluding hydrogens is 272 g/mol. The van der Waals surface area contributed by atoms with E-state index in [4.69, 9.17) is 19.9 Å². The van der Waals surface area contributed by atoms with E-state index in [2.05, 4.69) is 5.32 Å². The number of carbonyl (C=O) groups is 1. The van der Waals surface area contributed by atoms with Crippen LogP contribution < -0.4 is 20.5 Å². The molecule has 0 spiro atoms. The summed E-state index contributed by atoms with van der Waals surface area (Å²) in [7, 11) is 0. The minimum Gasteiger partial charge on any atom is -0.486 e. The third kappa shape index (κ3) is 2.82. The lowest BCUT2D eigenvalue weighted by molar-refractivity contribution is -0.127. The van der Waals surface area contributed by atoms with E-state index >= 15 is 0 Å². The van der Waals surface area contributed by atoms with Crippen LogP contribution in [0.4, 0.5) is 0 Å². The zero-order valence-corrected chi connectivity index (χ0v) is 12.1. The maximum Gasteiger partial charge on any atom is 0.243 e. The molecule has 2 unspecified atom stereocenters. The van der Waals surface area contributed by atoms with Crippen molar-refractivity contribution in [2.24, 2.45) is 5.73 Å². The molecule has 6 heteroatoms. The zero-order valence-electron chi connectivity index (χ0n) is 12.1. The molecule has 2 atom stereocenters. The van der Waals surface area contributed by atoms with Crippen molar-refractivity contribution in [2.75, 3.05) is 26.4 Å². The van der Waals surface area contributed by atoms with Gasteiger partial charge < -0.3 is 25.3 Å². The summed E-state index contributed by atoms with van der Waals surface area (Å²) in [6, 6.07) is 5.53. The molecule has 114 valence electrons. The standard InChI is InChI=1S/C15H20N2O4/c1-10(17-14(18)15(16)4-5-19-9-15)11-2-3-12-13(8-11)21-7-6-20-12/h2-3,8,10H,4-7,9,16H2,1H3,(H,17,18). The van der Waals surface area contributed by atoms with Gasteiger partial charge in [0.25, 0.3) is 0 Å². The number of fused-ring (bicyclic) bond motifs is 1. The summed E-state index contributed by atoms with van der Waals surface area (Å²) in [5.41, 5.74) is 6.10. The molecule has 21 heavy (non-hydrogen) atoms. The molecule has 3 N–H and O–H groups in total. The summed E-state index contributed by atoms with van der Waals surface area (Å²) in [5, 5.41) is 2.95. The summed E-state index contributed by atoms with van der Waals surface area (Å²) >= 11 is 0. The predicted molar refractivity (Wildman–Crippen MR) is 76.3 cm³/mol. The number of carbonyl (C=O) groups excluding carboxylic acids is 1. The van der Waals surface area contributed by atoms with Crippen molar-refractivity contribution in [1.29, 1.82) is 0 Å². The van der Waals surface area contributed by atoms with Gasteiger partial charge in [0.1, 0.15) is 18.8 Å². The minimum absolute atomic E-state index is 0.158. The van der Waals surface area contributed by atoms with Gasteiger partial charge in [-0.15, -0.1) is 0 Å². The third-order valence-corrected chi connectivity index (χ3v) is 3.92. The highest BCUT2D eigenvalue weighted by molar-refractivity contribution is 5.86. The smallest absolute Gasteiger partial charge is 0.243 e. The normalized spacial score (nSPS) is 25.4. The van der Waals surface area contributed by atoms with Crippen molar-refractivity contribution >= 4 is 5.91 Å². The molecule has 2 aliphatic rings. The third-order valence-electron chi connectivity index (χ3n) is 3.92. The maximum absolute atomic E-state index is 12.3. The fraction of sp³-hybridized carbons (Fsp3) is 0.533. The molecule has 0 saturated carbocycles. The molecule has 2 aliphatic heterocycles. The molecule has 0 bridgehead atoms. The Kier molecular flexibility index (Phi) is 3.73. The minimum atomic E-state index is -0.915. The molecule has 1 fully saturated rings. The van der Waals surface area contributed by atoms with E-state index in [0.717, 1.165) is 11.3 Å². The summed E-state index contributed by atoms with van der Waals surface area (Å²) in [6.07, 6.45) is 0.548. The number of hydrogen-bond acceptors (Lipinski definition) is 5. The van der Waals surface area contributed by atoms with E-state index < -0.39 is 5.54 Å². The number of ether oxygens (including phenoxy) is 3. The van der Waals surface area contributed by atoms with Crippen LogP contribution in [0.2, 0.25) is 0 Å². The lowest BCUT2D eigenvalue weighted by Crippen LogP contribution is -2.54. The first kappa shape index (κ1) is 14.2. The fourth-order valence-electron chi connectivity index (χ4n) is 2.51. The monoisotopic (exact) mass is 292 g/mol. The first-order valence-electron chi connectivity index (χ1n) is 7.16. The molecule has 0 aromatic heterocycles. The number of rotatable bonds is 3. The van der Waals surface area contributed by atoms with Crippen molar-refractivity contribution in [3.63, 3.8) is 0 Å². The Hall–Kier alpha value is -1.79. The maximum atomic E-state index is 12.3. The van der Waals surface area contributed by atoms with Gasteiger partial charge in [0.15, 0.2) is 11.5 Å². The summed E-state index contributed by atoms with van der Waals surface area (Å²) < 4.78 is 16.3.